The zero-order valence-corrected chi connectivity index (χ0v) is 13.0. The molecule has 1 heteroatoms. The highest BCUT2D eigenvalue weighted by atomic mass is 28.3. The summed E-state index contributed by atoms with van der Waals surface area (Å²) in [5, 5.41) is 1.86. The summed E-state index contributed by atoms with van der Waals surface area (Å²) in [6, 6.07) is 0. The summed E-state index contributed by atoms with van der Waals surface area (Å²) < 4.78 is 0. The first-order valence-corrected chi connectivity index (χ1v) is 10.2. The Morgan fingerprint density at radius 2 is 1.94 bits per heavy atom. The fraction of sp³-hybridized carbons (Fsp3) is 0.733. The van der Waals surface area contributed by atoms with E-state index in [0.29, 0.717) is 0 Å². The molecule has 0 saturated heterocycles. The van der Waals surface area contributed by atoms with Gasteiger partial charge in [0.15, 0.2) is 0 Å². The van der Waals surface area contributed by atoms with Gasteiger partial charge in [-0.05, 0) is 45.4 Å². The van der Waals surface area contributed by atoms with Crippen molar-refractivity contribution in [3.8, 4) is 0 Å². The second-order valence-corrected chi connectivity index (χ2v) is 11.8. The summed E-state index contributed by atoms with van der Waals surface area (Å²) in [5.74, 6) is 0.874. The van der Waals surface area contributed by atoms with Crippen molar-refractivity contribution in [3.05, 3.63) is 22.4 Å². The Kier molecular flexibility index (Phi) is 4.60. The van der Waals surface area contributed by atoms with E-state index in [4.69, 9.17) is 0 Å². The molecule has 0 radical (unpaired) electrons. The first kappa shape index (κ1) is 13.8. The lowest BCUT2D eigenvalue weighted by molar-refractivity contribution is 0.538. The predicted molar refractivity (Wildman–Crippen MR) is 77.4 cm³/mol. The van der Waals surface area contributed by atoms with Crippen LogP contribution in [-0.4, -0.2) is 8.07 Å². The Morgan fingerprint density at radius 3 is 2.38 bits per heavy atom. The van der Waals surface area contributed by atoms with Crippen molar-refractivity contribution >= 4 is 8.07 Å². The Bertz CT molecular complexity index is 298. The molecular weight excluding hydrogens is 208 g/mol. The molecule has 0 aromatic rings. The summed E-state index contributed by atoms with van der Waals surface area (Å²) in [4.78, 5) is 0. The average molecular weight is 236 g/mol. The minimum absolute atomic E-state index is 0.874. The van der Waals surface area contributed by atoms with Gasteiger partial charge in [0.2, 0.25) is 0 Å². The van der Waals surface area contributed by atoms with Crippen LogP contribution in [0, 0.1) is 5.92 Å². The predicted octanol–water partition coefficient (Wildman–Crippen LogP) is 5.34. The number of allylic oxidation sites excluding steroid dienone is 4. The van der Waals surface area contributed by atoms with Gasteiger partial charge in [-0.25, -0.2) is 0 Å². The molecule has 1 aliphatic rings. The molecule has 0 spiro atoms. The third kappa shape index (κ3) is 4.69. The van der Waals surface area contributed by atoms with Crippen LogP contribution in [0.5, 0.6) is 0 Å². The fourth-order valence-corrected chi connectivity index (χ4v) is 4.25. The molecule has 0 aromatic heterocycles. The first-order chi connectivity index (χ1) is 7.30. The lowest BCUT2D eigenvalue weighted by Gasteiger charge is -2.10. The molecular formula is C15H28Si. The molecule has 1 aliphatic carbocycles. The van der Waals surface area contributed by atoms with Gasteiger partial charge in [-0.3, -0.25) is 0 Å². The zero-order chi connectivity index (χ0) is 12.3. The first-order valence-electron chi connectivity index (χ1n) is 6.65. The number of hydrogen-bond donors (Lipinski definition) is 0. The van der Waals surface area contributed by atoms with E-state index in [-0.39, 0.29) is 0 Å². The molecule has 0 nitrogen and oxygen atoms in total. The second kappa shape index (κ2) is 5.35. The van der Waals surface area contributed by atoms with Crippen molar-refractivity contribution in [1.29, 1.82) is 0 Å². The molecule has 0 amide bonds. The van der Waals surface area contributed by atoms with Gasteiger partial charge in [-0.15, -0.1) is 0 Å². The highest BCUT2D eigenvalue weighted by molar-refractivity contribution is 6.84. The van der Waals surface area contributed by atoms with Gasteiger partial charge >= 0.3 is 0 Å². The average Bonchev–Trinajstić information content (AvgIpc) is 2.81. The van der Waals surface area contributed by atoms with E-state index in [1.165, 1.54) is 31.3 Å². The van der Waals surface area contributed by atoms with Crippen LogP contribution < -0.4 is 0 Å². The molecule has 92 valence electrons. The van der Waals surface area contributed by atoms with Gasteiger partial charge in [0, 0.05) is 0 Å². The van der Waals surface area contributed by atoms with E-state index < -0.39 is 8.07 Å². The Balaban J connectivity index is 2.30. The summed E-state index contributed by atoms with van der Waals surface area (Å²) in [6.07, 6.45) is 7.74. The van der Waals surface area contributed by atoms with Crippen molar-refractivity contribution in [2.24, 2.45) is 5.92 Å². The van der Waals surface area contributed by atoms with Crippen LogP contribution in [0.15, 0.2) is 22.4 Å². The monoisotopic (exact) mass is 236 g/mol. The molecule has 0 aromatic carbocycles. The quantitative estimate of drug-likeness (QED) is 0.431. The number of hydrogen-bond acceptors (Lipinski definition) is 0. The van der Waals surface area contributed by atoms with Crippen LogP contribution in [0.25, 0.3) is 0 Å². The van der Waals surface area contributed by atoms with E-state index in [0.717, 1.165) is 5.92 Å². The van der Waals surface area contributed by atoms with Crippen LogP contribution in [-0.2, 0) is 0 Å². The standard InChI is InChI=1S/C15H28Si/c1-12(2)8-7-9-13(3)10-14-11-15(14)16(4,5)6/h8,13H,7,9-11H2,1-6H3. The van der Waals surface area contributed by atoms with Crippen LogP contribution >= 0.6 is 0 Å². The zero-order valence-electron chi connectivity index (χ0n) is 12.0. The smallest absolute Gasteiger partial charge is 0.0728 e. The SMILES string of the molecule is CC(C)=CCCC(C)CC1=C([Si](C)(C)C)C1. The molecule has 0 N–H and O–H groups in total. The van der Waals surface area contributed by atoms with Gasteiger partial charge in [0.05, 0.1) is 8.07 Å². The van der Waals surface area contributed by atoms with Crippen LogP contribution in [0.3, 0.4) is 0 Å². The maximum Gasteiger partial charge on any atom is 0.0728 e. The maximum atomic E-state index is 2.48. The molecule has 16 heavy (non-hydrogen) atoms. The van der Waals surface area contributed by atoms with Crippen molar-refractivity contribution in [2.45, 2.75) is 66.1 Å². The third-order valence-electron chi connectivity index (χ3n) is 3.40. The Labute approximate surface area is 103 Å². The molecule has 1 rings (SSSR count). The summed E-state index contributed by atoms with van der Waals surface area (Å²) in [6.45, 7) is 14.2. The Hall–Kier alpha value is -0.303. The highest BCUT2D eigenvalue weighted by Crippen LogP contribution is 2.42. The van der Waals surface area contributed by atoms with Crippen molar-refractivity contribution in [1.82, 2.24) is 0 Å². The largest absolute Gasteiger partial charge is 0.0859 e. The van der Waals surface area contributed by atoms with E-state index in [1.807, 2.05) is 10.8 Å². The van der Waals surface area contributed by atoms with Crippen LogP contribution in [0.1, 0.15) is 46.5 Å². The van der Waals surface area contributed by atoms with E-state index in [2.05, 4.69) is 46.5 Å². The summed E-state index contributed by atoms with van der Waals surface area (Å²) in [5.41, 5.74) is 3.27. The van der Waals surface area contributed by atoms with E-state index in [1.54, 1.807) is 0 Å². The normalized spacial score (nSPS) is 17.4. The van der Waals surface area contributed by atoms with Crippen molar-refractivity contribution < 1.29 is 0 Å². The van der Waals surface area contributed by atoms with E-state index >= 15 is 0 Å². The molecule has 1 atom stereocenters. The minimum Gasteiger partial charge on any atom is -0.0859 e. The lowest BCUT2D eigenvalue weighted by atomic mass is 9.99. The fourth-order valence-electron chi connectivity index (χ4n) is 2.34. The van der Waals surface area contributed by atoms with Crippen LogP contribution in [0.4, 0.5) is 0 Å². The molecule has 0 bridgehead atoms. The third-order valence-corrected chi connectivity index (χ3v) is 5.75. The molecule has 0 heterocycles. The Morgan fingerprint density at radius 1 is 1.31 bits per heavy atom. The van der Waals surface area contributed by atoms with E-state index in [9.17, 15) is 0 Å². The summed E-state index contributed by atoms with van der Waals surface area (Å²) in [7, 11) is -0.935. The van der Waals surface area contributed by atoms with Gasteiger partial charge in [-0.2, -0.15) is 0 Å². The van der Waals surface area contributed by atoms with Gasteiger partial charge in [-0.1, -0.05) is 49.0 Å². The summed E-state index contributed by atoms with van der Waals surface area (Å²) >= 11 is 0. The van der Waals surface area contributed by atoms with Crippen LogP contribution in [0.2, 0.25) is 19.6 Å². The minimum atomic E-state index is -0.935. The van der Waals surface area contributed by atoms with Gasteiger partial charge in [0.25, 0.3) is 0 Å². The van der Waals surface area contributed by atoms with Crippen molar-refractivity contribution in [3.63, 3.8) is 0 Å². The molecule has 0 aliphatic heterocycles. The molecule has 0 saturated carbocycles. The van der Waals surface area contributed by atoms with Gasteiger partial charge < -0.3 is 0 Å². The topological polar surface area (TPSA) is 0 Å². The van der Waals surface area contributed by atoms with Crippen molar-refractivity contribution in [2.75, 3.05) is 0 Å². The highest BCUT2D eigenvalue weighted by Gasteiger charge is 2.33. The molecule has 1 unspecified atom stereocenters. The van der Waals surface area contributed by atoms with Gasteiger partial charge in [0.1, 0.15) is 0 Å². The second-order valence-electron chi connectivity index (χ2n) is 6.68. The number of rotatable bonds is 6. The maximum absolute atomic E-state index is 2.48. The lowest BCUT2D eigenvalue weighted by Crippen LogP contribution is -2.18. The molecule has 0 fully saturated rings.